The summed E-state index contributed by atoms with van der Waals surface area (Å²) in [5, 5.41) is 0. The lowest BCUT2D eigenvalue weighted by atomic mass is 9.75. The fourth-order valence-corrected chi connectivity index (χ4v) is 2.98. The van der Waals surface area contributed by atoms with Crippen LogP contribution in [0.25, 0.3) is 0 Å². The van der Waals surface area contributed by atoms with Gasteiger partial charge in [0.25, 0.3) is 0 Å². The SMILES string of the molecule is [2H]C1C(C2CCCCC2)C2=CCC=[N+]21. The second kappa shape index (κ2) is 2.97. The van der Waals surface area contributed by atoms with Gasteiger partial charge in [-0.25, -0.2) is 4.58 Å². The van der Waals surface area contributed by atoms with Crippen molar-refractivity contribution in [2.75, 3.05) is 6.52 Å². The molecule has 0 radical (unpaired) electrons. The summed E-state index contributed by atoms with van der Waals surface area (Å²) in [6, 6.07) is 0. The van der Waals surface area contributed by atoms with E-state index in [0.29, 0.717) is 5.92 Å². The molecule has 3 rings (SSSR count). The van der Waals surface area contributed by atoms with Crippen LogP contribution < -0.4 is 0 Å². The van der Waals surface area contributed by atoms with Gasteiger partial charge in [0.15, 0.2) is 12.2 Å². The van der Waals surface area contributed by atoms with Crippen LogP contribution in [0.15, 0.2) is 11.8 Å². The van der Waals surface area contributed by atoms with Gasteiger partial charge < -0.3 is 0 Å². The van der Waals surface area contributed by atoms with Crippen molar-refractivity contribution < 1.29 is 5.95 Å². The van der Waals surface area contributed by atoms with Crippen molar-refractivity contribution in [1.82, 2.24) is 0 Å². The maximum absolute atomic E-state index is 8.09. The van der Waals surface area contributed by atoms with Crippen molar-refractivity contribution in [2.45, 2.75) is 38.5 Å². The number of hydrogen-bond donors (Lipinski definition) is 0. The van der Waals surface area contributed by atoms with Crippen LogP contribution >= 0.6 is 0 Å². The molecule has 2 heterocycles. The summed E-state index contributed by atoms with van der Waals surface area (Å²) in [5.41, 5.74) is 1.47. The van der Waals surface area contributed by atoms with Crippen molar-refractivity contribution in [1.29, 1.82) is 0 Å². The van der Waals surface area contributed by atoms with Gasteiger partial charge in [0, 0.05) is 6.42 Å². The molecule has 0 N–H and O–H groups in total. The first kappa shape index (κ1) is 6.80. The van der Waals surface area contributed by atoms with Crippen molar-refractivity contribution in [3.05, 3.63) is 11.8 Å². The van der Waals surface area contributed by atoms with E-state index in [1.807, 2.05) is 0 Å². The molecule has 3 aliphatic rings. The van der Waals surface area contributed by atoms with Crippen LogP contribution in [0.4, 0.5) is 0 Å². The molecule has 70 valence electrons. The Labute approximate surface area is 81.6 Å². The molecule has 0 aromatic carbocycles. The van der Waals surface area contributed by atoms with Gasteiger partial charge in [-0.2, -0.15) is 0 Å². The highest BCUT2D eigenvalue weighted by molar-refractivity contribution is 5.58. The van der Waals surface area contributed by atoms with Gasteiger partial charge in [0.05, 0.1) is 0 Å². The predicted octanol–water partition coefficient (Wildman–Crippen LogP) is 2.57. The molecule has 1 nitrogen and oxygen atoms in total. The maximum atomic E-state index is 8.09. The Bertz CT molecular complexity index is 299. The Morgan fingerprint density at radius 1 is 1.31 bits per heavy atom. The van der Waals surface area contributed by atoms with E-state index in [4.69, 9.17) is 1.37 Å². The van der Waals surface area contributed by atoms with Gasteiger partial charge in [0.1, 0.15) is 13.5 Å². The zero-order chi connectivity index (χ0) is 9.54. The molecule has 2 fully saturated rings. The molecule has 1 aliphatic carbocycles. The van der Waals surface area contributed by atoms with Crippen LogP contribution in [0.5, 0.6) is 0 Å². The topological polar surface area (TPSA) is 3.01 Å². The van der Waals surface area contributed by atoms with Crippen molar-refractivity contribution in [3.63, 3.8) is 0 Å². The molecule has 0 aromatic heterocycles. The molecular formula is C12H18N+. The highest BCUT2D eigenvalue weighted by atomic mass is 15.1. The summed E-state index contributed by atoms with van der Waals surface area (Å²) in [4.78, 5) is 0. The fourth-order valence-electron chi connectivity index (χ4n) is 2.98. The highest BCUT2D eigenvalue weighted by Crippen LogP contribution is 2.40. The van der Waals surface area contributed by atoms with Crippen LogP contribution in [0, 0.1) is 11.8 Å². The molecule has 0 bridgehead atoms. The average molecular weight is 177 g/mol. The van der Waals surface area contributed by atoms with Crippen LogP contribution in [0.1, 0.15) is 39.9 Å². The molecule has 1 saturated carbocycles. The molecule has 1 heteroatoms. The minimum absolute atomic E-state index is 0.0480. The van der Waals surface area contributed by atoms with Crippen molar-refractivity contribution >= 4 is 6.21 Å². The second-order valence-electron chi connectivity index (χ2n) is 4.53. The minimum Gasteiger partial charge on any atom is -0.205 e. The molecule has 2 unspecified atom stereocenters. The van der Waals surface area contributed by atoms with E-state index in [0.717, 1.165) is 12.3 Å². The summed E-state index contributed by atoms with van der Waals surface area (Å²) in [6.45, 7) is 0.0480. The molecule has 0 amide bonds. The van der Waals surface area contributed by atoms with Crippen molar-refractivity contribution in [2.24, 2.45) is 11.8 Å². The fraction of sp³-hybridized carbons (Fsp3) is 0.750. The van der Waals surface area contributed by atoms with Gasteiger partial charge in [-0.1, -0.05) is 19.3 Å². The Morgan fingerprint density at radius 2 is 2.15 bits per heavy atom. The first-order valence-corrected chi connectivity index (χ1v) is 5.62. The van der Waals surface area contributed by atoms with Gasteiger partial charge in [0.2, 0.25) is 0 Å². The standard InChI is InChI=1S/C12H18N/c1-2-5-10(6-3-1)11-9-13-8-4-7-12(11)13/h7-8,10-11H,1-6,9H2/q+1/i9D. The third kappa shape index (κ3) is 1.17. The monoisotopic (exact) mass is 177 g/mol. The first-order valence-electron chi connectivity index (χ1n) is 6.19. The van der Waals surface area contributed by atoms with E-state index < -0.39 is 0 Å². The third-order valence-corrected chi connectivity index (χ3v) is 3.75. The largest absolute Gasteiger partial charge is 0.205 e. The normalized spacial score (nSPS) is 40.2. The maximum Gasteiger partial charge on any atom is 0.187 e. The third-order valence-electron chi connectivity index (χ3n) is 3.75. The minimum atomic E-state index is 0.0480. The molecule has 1 saturated heterocycles. The number of nitrogens with zero attached hydrogens (tertiary/aromatic N) is 1. The Kier molecular flexibility index (Phi) is 1.55. The number of fused-ring (bicyclic) bond motifs is 1. The summed E-state index contributed by atoms with van der Waals surface area (Å²) in [6.07, 6.45) is 12.5. The molecule has 0 aromatic rings. The lowest BCUT2D eigenvalue weighted by molar-refractivity contribution is -0.545. The van der Waals surface area contributed by atoms with E-state index in [2.05, 4.69) is 16.9 Å². The summed E-state index contributed by atoms with van der Waals surface area (Å²) >= 11 is 0. The van der Waals surface area contributed by atoms with Gasteiger partial charge in [-0.3, -0.25) is 0 Å². The van der Waals surface area contributed by atoms with E-state index in [1.54, 1.807) is 0 Å². The highest BCUT2D eigenvalue weighted by Gasteiger charge is 2.45. The van der Waals surface area contributed by atoms with E-state index in [-0.39, 0.29) is 6.52 Å². The summed E-state index contributed by atoms with van der Waals surface area (Å²) < 4.78 is 10.3. The molecular weight excluding hydrogens is 158 g/mol. The predicted molar refractivity (Wildman–Crippen MR) is 54.0 cm³/mol. The van der Waals surface area contributed by atoms with Gasteiger partial charge in [-0.15, -0.1) is 0 Å². The van der Waals surface area contributed by atoms with Gasteiger partial charge in [-0.05, 0) is 24.8 Å². The first-order chi connectivity index (χ1) is 6.88. The zero-order valence-electron chi connectivity index (χ0n) is 9.08. The van der Waals surface area contributed by atoms with E-state index in [1.165, 1.54) is 37.8 Å². The smallest absolute Gasteiger partial charge is 0.187 e. The number of allylic oxidation sites excluding steroid dienone is 1. The zero-order valence-corrected chi connectivity index (χ0v) is 8.08. The Balaban J connectivity index is 1.76. The van der Waals surface area contributed by atoms with E-state index >= 15 is 0 Å². The summed E-state index contributed by atoms with van der Waals surface area (Å²) in [5.74, 6) is 1.40. The lowest BCUT2D eigenvalue weighted by Crippen LogP contribution is -2.40. The lowest BCUT2D eigenvalue weighted by Gasteiger charge is -2.33. The van der Waals surface area contributed by atoms with Gasteiger partial charge >= 0.3 is 0 Å². The number of hydrogen-bond acceptors (Lipinski definition) is 0. The molecule has 2 atom stereocenters. The summed E-state index contributed by atoms with van der Waals surface area (Å²) in [7, 11) is 0. The molecule has 13 heavy (non-hydrogen) atoms. The Morgan fingerprint density at radius 3 is 3.00 bits per heavy atom. The van der Waals surface area contributed by atoms with Crippen LogP contribution in [0.2, 0.25) is 0 Å². The van der Waals surface area contributed by atoms with Crippen LogP contribution in [-0.4, -0.2) is 17.3 Å². The average Bonchev–Trinajstić information content (AvgIpc) is 2.63. The molecule has 0 spiro atoms. The quantitative estimate of drug-likeness (QED) is 0.542. The van der Waals surface area contributed by atoms with Crippen LogP contribution in [0.3, 0.4) is 0 Å². The number of rotatable bonds is 1. The van der Waals surface area contributed by atoms with Crippen molar-refractivity contribution in [3.8, 4) is 0 Å². The molecule has 2 aliphatic heterocycles. The van der Waals surface area contributed by atoms with Crippen LogP contribution in [-0.2, 0) is 0 Å². The van der Waals surface area contributed by atoms with E-state index in [9.17, 15) is 0 Å². The second-order valence-corrected chi connectivity index (χ2v) is 4.53. The Hall–Kier alpha value is -0.590.